The van der Waals surface area contributed by atoms with E-state index in [1.54, 1.807) is 0 Å². The van der Waals surface area contributed by atoms with Gasteiger partial charge in [-0.2, -0.15) is 0 Å². The summed E-state index contributed by atoms with van der Waals surface area (Å²) in [5.74, 6) is -0.895. The molecule has 0 saturated carbocycles. The lowest BCUT2D eigenvalue weighted by molar-refractivity contribution is -0.137. The first-order valence-corrected chi connectivity index (χ1v) is 6.12. The Kier molecular flexibility index (Phi) is 5.58. The third kappa shape index (κ3) is 4.33. The minimum absolute atomic E-state index is 0.133. The predicted molar refractivity (Wildman–Crippen MR) is 71.9 cm³/mol. The number of benzene rings is 1. The predicted octanol–water partition coefficient (Wildman–Crippen LogP) is 2.14. The smallest absolute Gasteiger partial charge is 0.355 e. The van der Waals surface area contributed by atoms with E-state index in [9.17, 15) is 9.59 Å². The van der Waals surface area contributed by atoms with Crippen LogP contribution >= 0.6 is 15.9 Å². The number of allylic oxidation sites excluding steroid dienone is 1. The van der Waals surface area contributed by atoms with Gasteiger partial charge in [0.25, 0.3) is 0 Å². The van der Waals surface area contributed by atoms with Crippen molar-refractivity contribution < 1.29 is 14.3 Å². The highest BCUT2D eigenvalue weighted by Gasteiger charge is 2.16. The molecule has 1 rings (SSSR count). The van der Waals surface area contributed by atoms with Gasteiger partial charge in [-0.1, -0.05) is 46.3 Å². The lowest BCUT2D eigenvalue weighted by Crippen LogP contribution is -2.27. The first-order chi connectivity index (χ1) is 8.54. The summed E-state index contributed by atoms with van der Waals surface area (Å²) in [6.45, 7) is 1.34. The summed E-state index contributed by atoms with van der Waals surface area (Å²) in [5.41, 5.74) is 1.16. The molecule has 0 radical (unpaired) electrons. The van der Waals surface area contributed by atoms with Crippen LogP contribution in [0.4, 0.5) is 0 Å². The number of ether oxygens (including phenoxy) is 1. The third-order valence-electron chi connectivity index (χ3n) is 2.16. The highest BCUT2D eigenvalue weighted by molar-refractivity contribution is 9.11. The average Bonchev–Trinajstić information content (AvgIpc) is 2.36. The molecule has 0 aromatic heterocycles. The fourth-order valence-corrected chi connectivity index (χ4v) is 1.96. The van der Waals surface area contributed by atoms with E-state index in [4.69, 9.17) is 0 Å². The average molecular weight is 312 g/mol. The summed E-state index contributed by atoms with van der Waals surface area (Å²) < 4.78 is 5.21. The van der Waals surface area contributed by atoms with Gasteiger partial charge in [0, 0.05) is 17.8 Å². The molecule has 0 unspecified atom stereocenters. The van der Waals surface area contributed by atoms with Crippen LogP contribution in [0.25, 0.3) is 0 Å². The van der Waals surface area contributed by atoms with Crippen LogP contribution in [-0.2, 0) is 20.7 Å². The highest BCUT2D eigenvalue weighted by Crippen LogP contribution is 2.17. The molecule has 1 N–H and O–H groups in total. The normalized spacial score (nSPS) is 11.5. The molecule has 1 aromatic rings. The lowest BCUT2D eigenvalue weighted by Gasteiger charge is -2.09. The number of esters is 1. The maximum atomic E-state index is 11.6. The van der Waals surface area contributed by atoms with Gasteiger partial charge in [0.1, 0.15) is 5.70 Å². The Morgan fingerprint density at radius 1 is 1.28 bits per heavy atom. The van der Waals surface area contributed by atoms with E-state index >= 15 is 0 Å². The second-order valence-corrected chi connectivity index (χ2v) is 4.57. The number of carbonyl (C=O) groups is 2. The van der Waals surface area contributed by atoms with Gasteiger partial charge in [-0.25, -0.2) is 4.79 Å². The van der Waals surface area contributed by atoms with Crippen LogP contribution in [0.5, 0.6) is 0 Å². The Hall–Kier alpha value is -1.62. The standard InChI is InChI=1S/C13H14BrNO3/c1-9(16)15-12(13(17)18-2)11(14)8-10-6-4-3-5-7-10/h3-7H,8H2,1-2H3,(H,15,16)/b12-11-. The summed E-state index contributed by atoms with van der Waals surface area (Å²) in [5, 5.41) is 2.47. The van der Waals surface area contributed by atoms with Gasteiger partial charge >= 0.3 is 5.97 Å². The number of nitrogens with one attached hydrogen (secondary N) is 1. The number of carbonyl (C=O) groups excluding carboxylic acids is 2. The molecule has 4 nitrogen and oxygen atoms in total. The molecule has 5 heteroatoms. The minimum atomic E-state index is -0.576. The quantitative estimate of drug-likeness (QED) is 0.684. The highest BCUT2D eigenvalue weighted by atomic mass is 79.9. The topological polar surface area (TPSA) is 55.4 Å². The van der Waals surface area contributed by atoms with E-state index < -0.39 is 5.97 Å². The lowest BCUT2D eigenvalue weighted by atomic mass is 10.1. The molecule has 0 aliphatic carbocycles. The zero-order valence-electron chi connectivity index (χ0n) is 10.2. The molecule has 18 heavy (non-hydrogen) atoms. The largest absolute Gasteiger partial charge is 0.464 e. The Morgan fingerprint density at radius 2 is 1.89 bits per heavy atom. The summed E-state index contributed by atoms with van der Waals surface area (Å²) in [4.78, 5) is 22.6. The van der Waals surface area contributed by atoms with Gasteiger partial charge in [-0.3, -0.25) is 4.79 Å². The second-order valence-electron chi connectivity index (χ2n) is 3.62. The van der Waals surface area contributed by atoms with Crippen LogP contribution < -0.4 is 5.32 Å². The van der Waals surface area contributed by atoms with Gasteiger partial charge in [0.15, 0.2) is 0 Å². The van der Waals surface area contributed by atoms with Crippen LogP contribution in [0.15, 0.2) is 40.5 Å². The van der Waals surface area contributed by atoms with Gasteiger partial charge in [0.05, 0.1) is 7.11 Å². The van der Waals surface area contributed by atoms with Crippen molar-refractivity contribution in [1.82, 2.24) is 5.32 Å². The number of halogens is 1. The van der Waals surface area contributed by atoms with Crippen molar-refractivity contribution >= 4 is 27.8 Å². The number of amides is 1. The monoisotopic (exact) mass is 311 g/mol. The minimum Gasteiger partial charge on any atom is -0.464 e. The second kappa shape index (κ2) is 6.96. The van der Waals surface area contributed by atoms with E-state index in [2.05, 4.69) is 26.0 Å². The molecule has 0 aliphatic rings. The molecule has 0 fully saturated rings. The molecular formula is C13H14BrNO3. The Morgan fingerprint density at radius 3 is 2.39 bits per heavy atom. The maximum Gasteiger partial charge on any atom is 0.355 e. The first kappa shape index (κ1) is 14.4. The summed E-state index contributed by atoms with van der Waals surface area (Å²) in [6, 6.07) is 9.60. The van der Waals surface area contributed by atoms with E-state index in [0.29, 0.717) is 10.9 Å². The molecule has 0 atom stereocenters. The number of rotatable bonds is 4. The van der Waals surface area contributed by atoms with E-state index in [0.717, 1.165) is 5.56 Å². The zero-order chi connectivity index (χ0) is 13.5. The number of methoxy groups -OCH3 is 1. The van der Waals surface area contributed by atoms with E-state index in [-0.39, 0.29) is 11.6 Å². The van der Waals surface area contributed by atoms with Gasteiger partial charge in [0.2, 0.25) is 5.91 Å². The van der Waals surface area contributed by atoms with E-state index in [1.165, 1.54) is 14.0 Å². The first-order valence-electron chi connectivity index (χ1n) is 5.33. The molecule has 0 spiro atoms. The Labute approximate surface area is 114 Å². The van der Waals surface area contributed by atoms with E-state index in [1.807, 2.05) is 30.3 Å². The Balaban J connectivity index is 2.96. The van der Waals surface area contributed by atoms with Crippen molar-refractivity contribution in [2.45, 2.75) is 13.3 Å². The van der Waals surface area contributed by atoms with Gasteiger partial charge in [-0.15, -0.1) is 0 Å². The molecule has 0 bridgehead atoms. The van der Waals surface area contributed by atoms with Crippen LogP contribution in [-0.4, -0.2) is 19.0 Å². The zero-order valence-corrected chi connectivity index (χ0v) is 11.8. The SMILES string of the molecule is COC(=O)/C(NC(C)=O)=C(/Br)Cc1ccccc1. The fraction of sp³-hybridized carbons (Fsp3) is 0.231. The molecule has 1 amide bonds. The van der Waals surface area contributed by atoms with Crippen molar-refractivity contribution in [3.8, 4) is 0 Å². The van der Waals surface area contributed by atoms with Crippen molar-refractivity contribution in [2.75, 3.05) is 7.11 Å². The van der Waals surface area contributed by atoms with Crippen molar-refractivity contribution in [3.05, 3.63) is 46.1 Å². The number of hydrogen-bond donors (Lipinski definition) is 1. The molecule has 96 valence electrons. The number of hydrogen-bond acceptors (Lipinski definition) is 3. The summed E-state index contributed by atoms with van der Waals surface area (Å²) in [6.07, 6.45) is 0.506. The van der Waals surface area contributed by atoms with Gasteiger partial charge in [-0.05, 0) is 5.56 Å². The molecule has 1 aromatic carbocycles. The summed E-state index contributed by atoms with van der Waals surface area (Å²) >= 11 is 3.32. The van der Waals surface area contributed by atoms with Crippen LogP contribution in [0.2, 0.25) is 0 Å². The van der Waals surface area contributed by atoms with Crippen molar-refractivity contribution in [1.29, 1.82) is 0 Å². The van der Waals surface area contributed by atoms with Crippen LogP contribution in [0.1, 0.15) is 12.5 Å². The van der Waals surface area contributed by atoms with Crippen LogP contribution in [0, 0.1) is 0 Å². The van der Waals surface area contributed by atoms with Crippen molar-refractivity contribution in [3.63, 3.8) is 0 Å². The molecule has 0 aliphatic heterocycles. The Bertz CT molecular complexity index is 468. The molecule has 0 heterocycles. The fourth-order valence-electron chi connectivity index (χ4n) is 1.37. The third-order valence-corrected chi connectivity index (χ3v) is 2.84. The van der Waals surface area contributed by atoms with Crippen molar-refractivity contribution in [2.24, 2.45) is 0 Å². The van der Waals surface area contributed by atoms with Gasteiger partial charge < -0.3 is 10.1 Å². The van der Waals surface area contributed by atoms with Crippen LogP contribution in [0.3, 0.4) is 0 Å². The maximum absolute atomic E-state index is 11.6. The molecule has 0 saturated heterocycles. The molecular weight excluding hydrogens is 298 g/mol. The summed E-state index contributed by atoms with van der Waals surface area (Å²) in [7, 11) is 1.27.